The van der Waals surface area contributed by atoms with Crippen LogP contribution in [0.15, 0.2) is 10.9 Å². The first-order valence-electron chi connectivity index (χ1n) is 3.51. The summed E-state index contributed by atoms with van der Waals surface area (Å²) in [7, 11) is 0. The van der Waals surface area contributed by atoms with E-state index < -0.39 is 0 Å². The van der Waals surface area contributed by atoms with Gasteiger partial charge >= 0.3 is 0 Å². The van der Waals surface area contributed by atoms with E-state index in [0.717, 1.165) is 13.2 Å². The lowest BCUT2D eigenvalue weighted by molar-refractivity contribution is -0.00610. The lowest BCUT2D eigenvalue weighted by Crippen LogP contribution is -2.45. The molecule has 0 bridgehead atoms. The SMILES string of the molecule is c1nc(CNC2COC2)no1. The lowest BCUT2D eigenvalue weighted by Gasteiger charge is -2.26. The summed E-state index contributed by atoms with van der Waals surface area (Å²) in [6.45, 7) is 2.24. The van der Waals surface area contributed by atoms with Crippen molar-refractivity contribution in [1.82, 2.24) is 15.5 Å². The van der Waals surface area contributed by atoms with E-state index in [9.17, 15) is 0 Å². The molecule has 2 heterocycles. The molecule has 1 aliphatic rings. The highest BCUT2D eigenvalue weighted by Gasteiger charge is 2.17. The molecular weight excluding hydrogens is 146 g/mol. The second-order valence-corrected chi connectivity index (χ2v) is 2.46. The van der Waals surface area contributed by atoms with Crippen molar-refractivity contribution in [3.8, 4) is 0 Å². The van der Waals surface area contributed by atoms with Gasteiger partial charge in [0.05, 0.1) is 25.8 Å². The largest absolute Gasteiger partial charge is 0.378 e. The van der Waals surface area contributed by atoms with Gasteiger partial charge in [-0.1, -0.05) is 5.16 Å². The highest BCUT2D eigenvalue weighted by Crippen LogP contribution is 2.00. The Hall–Kier alpha value is -0.940. The molecule has 1 aromatic rings. The Morgan fingerprint density at radius 1 is 1.64 bits per heavy atom. The number of hydrogen-bond acceptors (Lipinski definition) is 5. The maximum Gasteiger partial charge on any atom is 0.213 e. The number of rotatable bonds is 3. The zero-order chi connectivity index (χ0) is 7.52. The number of aromatic nitrogens is 2. The molecule has 1 saturated heterocycles. The van der Waals surface area contributed by atoms with Gasteiger partial charge < -0.3 is 14.6 Å². The molecule has 0 spiro atoms. The fourth-order valence-electron chi connectivity index (χ4n) is 0.859. The Kier molecular flexibility index (Phi) is 1.83. The van der Waals surface area contributed by atoms with E-state index in [1.54, 1.807) is 0 Å². The van der Waals surface area contributed by atoms with Crippen molar-refractivity contribution in [2.75, 3.05) is 13.2 Å². The Morgan fingerprint density at radius 2 is 2.55 bits per heavy atom. The zero-order valence-electron chi connectivity index (χ0n) is 5.99. The molecule has 0 atom stereocenters. The first-order valence-corrected chi connectivity index (χ1v) is 3.51. The third kappa shape index (κ3) is 1.55. The van der Waals surface area contributed by atoms with Gasteiger partial charge in [0, 0.05) is 0 Å². The Morgan fingerprint density at radius 3 is 3.09 bits per heavy atom. The highest BCUT2D eigenvalue weighted by molar-refractivity contribution is 4.80. The van der Waals surface area contributed by atoms with E-state index in [1.807, 2.05) is 0 Å². The Labute approximate surface area is 63.7 Å². The molecule has 0 aromatic carbocycles. The van der Waals surface area contributed by atoms with Gasteiger partial charge in [-0.2, -0.15) is 4.98 Å². The smallest absolute Gasteiger partial charge is 0.213 e. The maximum absolute atomic E-state index is 4.98. The predicted octanol–water partition coefficient (Wildman–Crippen LogP) is -0.442. The summed E-state index contributed by atoms with van der Waals surface area (Å²) in [6.07, 6.45) is 1.33. The normalized spacial score (nSPS) is 18.2. The summed E-state index contributed by atoms with van der Waals surface area (Å²) < 4.78 is 9.54. The minimum absolute atomic E-state index is 0.466. The maximum atomic E-state index is 4.98. The van der Waals surface area contributed by atoms with Gasteiger partial charge in [0.15, 0.2) is 5.82 Å². The quantitative estimate of drug-likeness (QED) is 0.641. The number of nitrogens with zero attached hydrogens (tertiary/aromatic N) is 2. The molecule has 0 amide bonds. The molecule has 0 unspecified atom stereocenters. The van der Waals surface area contributed by atoms with Crippen molar-refractivity contribution in [3.63, 3.8) is 0 Å². The second kappa shape index (κ2) is 2.98. The van der Waals surface area contributed by atoms with E-state index >= 15 is 0 Å². The summed E-state index contributed by atoms with van der Waals surface area (Å²) in [6, 6.07) is 0.466. The first-order chi connectivity index (χ1) is 5.45. The van der Waals surface area contributed by atoms with Crippen LogP contribution in [0.2, 0.25) is 0 Å². The standard InChI is InChI=1S/C6H9N3O2/c1(6-8-4-11-9-6)7-5-2-10-3-5/h4-5,7H,1-3H2. The second-order valence-electron chi connectivity index (χ2n) is 2.46. The molecule has 11 heavy (non-hydrogen) atoms. The van der Waals surface area contributed by atoms with Gasteiger partial charge in [-0.05, 0) is 0 Å². The van der Waals surface area contributed by atoms with Crippen molar-refractivity contribution < 1.29 is 9.26 Å². The molecule has 5 heteroatoms. The number of nitrogens with one attached hydrogen (secondary N) is 1. The van der Waals surface area contributed by atoms with Crippen LogP contribution in [0.25, 0.3) is 0 Å². The summed E-state index contributed by atoms with van der Waals surface area (Å²) in [5.74, 6) is 0.692. The van der Waals surface area contributed by atoms with Gasteiger partial charge in [0.25, 0.3) is 0 Å². The highest BCUT2D eigenvalue weighted by atomic mass is 16.5. The molecule has 1 N–H and O–H groups in total. The molecule has 1 aliphatic heterocycles. The van der Waals surface area contributed by atoms with Crippen LogP contribution >= 0.6 is 0 Å². The molecule has 1 fully saturated rings. The molecule has 2 rings (SSSR count). The van der Waals surface area contributed by atoms with Crippen molar-refractivity contribution >= 4 is 0 Å². The van der Waals surface area contributed by atoms with E-state index in [2.05, 4.69) is 20.0 Å². The van der Waals surface area contributed by atoms with Gasteiger partial charge in [-0.3, -0.25) is 0 Å². The summed E-state index contributed by atoms with van der Waals surface area (Å²) in [5.41, 5.74) is 0. The molecule has 5 nitrogen and oxygen atoms in total. The predicted molar refractivity (Wildman–Crippen MR) is 35.7 cm³/mol. The van der Waals surface area contributed by atoms with Crippen LogP contribution in [0.4, 0.5) is 0 Å². The summed E-state index contributed by atoms with van der Waals surface area (Å²) >= 11 is 0. The molecular formula is C6H9N3O2. The van der Waals surface area contributed by atoms with E-state index in [1.165, 1.54) is 6.39 Å². The van der Waals surface area contributed by atoms with Crippen LogP contribution in [0.3, 0.4) is 0 Å². The Balaban J connectivity index is 1.74. The van der Waals surface area contributed by atoms with Crippen LogP contribution in [-0.4, -0.2) is 29.4 Å². The average molecular weight is 155 g/mol. The van der Waals surface area contributed by atoms with Crippen molar-refractivity contribution in [2.45, 2.75) is 12.6 Å². The van der Waals surface area contributed by atoms with Crippen LogP contribution in [-0.2, 0) is 11.3 Å². The fraction of sp³-hybridized carbons (Fsp3) is 0.667. The zero-order valence-corrected chi connectivity index (χ0v) is 5.99. The van der Waals surface area contributed by atoms with Crippen molar-refractivity contribution in [2.24, 2.45) is 0 Å². The van der Waals surface area contributed by atoms with Crippen LogP contribution in [0.1, 0.15) is 5.82 Å². The van der Waals surface area contributed by atoms with Gasteiger partial charge in [0.2, 0.25) is 6.39 Å². The van der Waals surface area contributed by atoms with Gasteiger partial charge in [-0.25, -0.2) is 0 Å². The van der Waals surface area contributed by atoms with E-state index in [4.69, 9.17) is 4.74 Å². The number of ether oxygens (including phenoxy) is 1. The van der Waals surface area contributed by atoms with Crippen LogP contribution < -0.4 is 5.32 Å². The minimum Gasteiger partial charge on any atom is -0.378 e. The van der Waals surface area contributed by atoms with Crippen LogP contribution in [0, 0.1) is 0 Å². The molecule has 0 aliphatic carbocycles. The average Bonchev–Trinajstić information content (AvgIpc) is 2.36. The topological polar surface area (TPSA) is 60.2 Å². The van der Waals surface area contributed by atoms with Crippen molar-refractivity contribution in [1.29, 1.82) is 0 Å². The molecule has 60 valence electrons. The number of hydrogen-bond donors (Lipinski definition) is 1. The summed E-state index contributed by atoms with van der Waals surface area (Å²) in [5, 5.41) is 6.87. The first kappa shape index (κ1) is 6.75. The fourth-order valence-corrected chi connectivity index (χ4v) is 0.859. The van der Waals surface area contributed by atoms with E-state index in [-0.39, 0.29) is 0 Å². The van der Waals surface area contributed by atoms with Crippen molar-refractivity contribution in [3.05, 3.63) is 12.2 Å². The van der Waals surface area contributed by atoms with Gasteiger partial charge in [-0.15, -0.1) is 0 Å². The third-order valence-electron chi connectivity index (χ3n) is 1.59. The van der Waals surface area contributed by atoms with Gasteiger partial charge in [0.1, 0.15) is 0 Å². The van der Waals surface area contributed by atoms with Crippen LogP contribution in [0.5, 0.6) is 0 Å². The third-order valence-corrected chi connectivity index (χ3v) is 1.59. The lowest BCUT2D eigenvalue weighted by atomic mass is 10.2. The molecule has 0 radical (unpaired) electrons. The van der Waals surface area contributed by atoms with E-state index in [0.29, 0.717) is 18.4 Å². The molecule has 1 aromatic heterocycles. The monoisotopic (exact) mass is 155 g/mol. The summed E-state index contributed by atoms with van der Waals surface area (Å²) in [4.78, 5) is 3.87. The minimum atomic E-state index is 0.466. The molecule has 0 saturated carbocycles. The Bertz CT molecular complexity index is 208.